The number of aromatic nitrogens is 1. The largest absolute Gasteiger partial charge is 0.465 e. The molecule has 1 aromatic carbocycles. The van der Waals surface area contributed by atoms with Crippen molar-refractivity contribution < 1.29 is 14.3 Å². The Kier molecular flexibility index (Phi) is 5.42. The van der Waals surface area contributed by atoms with Crippen LogP contribution >= 0.6 is 0 Å². The monoisotopic (exact) mass is 378 g/mol. The average molecular weight is 378 g/mol. The molecule has 1 N–H and O–H groups in total. The van der Waals surface area contributed by atoms with Gasteiger partial charge in [-0.15, -0.1) is 0 Å². The topological polar surface area (TPSA) is 68.3 Å². The number of aryl methyl sites for hydroxylation is 2. The van der Waals surface area contributed by atoms with Gasteiger partial charge < -0.3 is 10.1 Å². The lowest BCUT2D eigenvalue weighted by Gasteiger charge is -2.19. The summed E-state index contributed by atoms with van der Waals surface area (Å²) in [6.07, 6.45) is 11.0. The number of hydrogen-bond acceptors (Lipinski definition) is 4. The molecular weight excluding hydrogens is 352 g/mol. The summed E-state index contributed by atoms with van der Waals surface area (Å²) in [7, 11) is 1.33. The summed E-state index contributed by atoms with van der Waals surface area (Å²) < 4.78 is 4.67. The lowest BCUT2D eigenvalue weighted by Crippen LogP contribution is -2.15. The molecule has 0 unspecified atom stereocenters. The molecule has 5 heteroatoms. The van der Waals surface area contributed by atoms with E-state index in [0.717, 1.165) is 12.8 Å². The van der Waals surface area contributed by atoms with E-state index in [4.69, 9.17) is 0 Å². The third-order valence-corrected chi connectivity index (χ3v) is 5.95. The molecule has 0 bridgehead atoms. The summed E-state index contributed by atoms with van der Waals surface area (Å²) in [6, 6.07) is 7.39. The van der Waals surface area contributed by atoms with Gasteiger partial charge in [0.2, 0.25) is 0 Å². The Morgan fingerprint density at radius 2 is 1.68 bits per heavy atom. The van der Waals surface area contributed by atoms with Crippen LogP contribution < -0.4 is 5.32 Å². The summed E-state index contributed by atoms with van der Waals surface area (Å²) in [5.74, 6) is 0.499. The minimum absolute atomic E-state index is 0.151. The molecule has 0 radical (unpaired) electrons. The first-order chi connectivity index (χ1) is 13.7. The number of methoxy groups -OCH3 is 1. The Hall–Kier alpha value is -2.69. The number of nitrogens with zero attached hydrogens (tertiary/aromatic N) is 1. The van der Waals surface area contributed by atoms with Crippen LogP contribution in [0, 0.1) is 0 Å². The van der Waals surface area contributed by atoms with Gasteiger partial charge in [-0.25, -0.2) is 9.78 Å². The highest BCUT2D eigenvalue weighted by atomic mass is 16.5. The molecule has 4 rings (SSSR count). The summed E-state index contributed by atoms with van der Waals surface area (Å²) in [6.45, 7) is 0. The molecule has 0 aliphatic heterocycles. The van der Waals surface area contributed by atoms with Crippen LogP contribution in [0.3, 0.4) is 0 Å². The molecule has 2 aliphatic carbocycles. The number of hydrogen-bond donors (Lipinski definition) is 1. The van der Waals surface area contributed by atoms with E-state index in [1.54, 1.807) is 12.1 Å². The first-order valence-corrected chi connectivity index (χ1v) is 10.2. The van der Waals surface area contributed by atoms with Crippen LogP contribution in [-0.2, 0) is 17.6 Å². The normalized spacial score (nSPS) is 16.5. The highest BCUT2D eigenvalue weighted by Gasteiger charge is 2.25. The number of amides is 1. The minimum Gasteiger partial charge on any atom is -0.465 e. The summed E-state index contributed by atoms with van der Waals surface area (Å²) >= 11 is 0. The predicted octanol–water partition coefficient (Wildman–Crippen LogP) is 4.66. The number of carbonyl (C=O) groups excluding carboxylic acids is 2. The lowest BCUT2D eigenvalue weighted by atomic mass is 9.86. The maximum Gasteiger partial charge on any atom is 0.339 e. The van der Waals surface area contributed by atoms with Crippen LogP contribution in [0.15, 0.2) is 30.5 Å². The SMILES string of the molecule is COC(=O)c1ccc(NC(=O)c2cc3c4c(c2)CCCCC4CCCC3)nc1. The Morgan fingerprint density at radius 1 is 1.00 bits per heavy atom. The molecule has 2 aliphatic rings. The van der Waals surface area contributed by atoms with Crippen molar-refractivity contribution in [2.24, 2.45) is 0 Å². The molecule has 0 fully saturated rings. The highest BCUT2D eigenvalue weighted by Crippen LogP contribution is 2.39. The van der Waals surface area contributed by atoms with Gasteiger partial charge in [0.15, 0.2) is 0 Å². The third kappa shape index (κ3) is 3.79. The number of carbonyl (C=O) groups is 2. The van der Waals surface area contributed by atoms with E-state index in [2.05, 4.69) is 27.2 Å². The number of anilines is 1. The molecule has 1 aromatic heterocycles. The number of pyridine rings is 1. The quantitative estimate of drug-likeness (QED) is 0.789. The van der Waals surface area contributed by atoms with Crippen molar-refractivity contribution in [1.82, 2.24) is 4.98 Å². The van der Waals surface area contributed by atoms with E-state index in [0.29, 0.717) is 22.9 Å². The van der Waals surface area contributed by atoms with Crippen LogP contribution in [0.1, 0.15) is 81.8 Å². The molecule has 0 spiro atoms. The van der Waals surface area contributed by atoms with Crippen LogP contribution in [0.2, 0.25) is 0 Å². The average Bonchev–Trinajstić information content (AvgIpc) is 3.05. The van der Waals surface area contributed by atoms with E-state index in [1.165, 1.54) is 68.5 Å². The molecule has 0 saturated carbocycles. The van der Waals surface area contributed by atoms with Crippen LogP contribution in [0.5, 0.6) is 0 Å². The number of ether oxygens (including phenoxy) is 1. The molecular formula is C23H26N2O3. The van der Waals surface area contributed by atoms with E-state index in [-0.39, 0.29) is 5.91 Å². The first kappa shape index (κ1) is 18.7. The van der Waals surface area contributed by atoms with Crippen LogP contribution in [0.4, 0.5) is 5.82 Å². The number of nitrogens with one attached hydrogen (secondary N) is 1. The highest BCUT2D eigenvalue weighted by molar-refractivity contribution is 6.04. The fraction of sp³-hybridized carbons (Fsp3) is 0.435. The zero-order valence-electron chi connectivity index (χ0n) is 16.3. The molecule has 146 valence electrons. The Labute approximate surface area is 165 Å². The summed E-state index contributed by atoms with van der Waals surface area (Å²) in [4.78, 5) is 28.5. The molecule has 0 atom stereocenters. The Balaban J connectivity index is 1.59. The molecule has 1 amide bonds. The smallest absolute Gasteiger partial charge is 0.339 e. The number of esters is 1. The van der Waals surface area contributed by atoms with Gasteiger partial charge in [-0.3, -0.25) is 4.79 Å². The zero-order chi connectivity index (χ0) is 19.5. The van der Waals surface area contributed by atoms with Crippen molar-refractivity contribution in [1.29, 1.82) is 0 Å². The molecule has 0 saturated heterocycles. The van der Waals surface area contributed by atoms with Crippen molar-refractivity contribution in [2.45, 2.75) is 57.3 Å². The number of rotatable bonds is 3. The van der Waals surface area contributed by atoms with Gasteiger partial charge in [0.05, 0.1) is 12.7 Å². The van der Waals surface area contributed by atoms with Gasteiger partial charge in [-0.05, 0) is 85.4 Å². The fourth-order valence-corrected chi connectivity index (χ4v) is 4.59. The first-order valence-electron chi connectivity index (χ1n) is 10.2. The van der Waals surface area contributed by atoms with E-state index in [1.807, 2.05) is 0 Å². The second kappa shape index (κ2) is 8.13. The molecule has 28 heavy (non-hydrogen) atoms. The number of benzene rings is 1. The van der Waals surface area contributed by atoms with Crippen LogP contribution in [0.25, 0.3) is 0 Å². The van der Waals surface area contributed by atoms with E-state index >= 15 is 0 Å². The second-order valence-electron chi connectivity index (χ2n) is 7.77. The van der Waals surface area contributed by atoms with Crippen molar-refractivity contribution in [3.63, 3.8) is 0 Å². The van der Waals surface area contributed by atoms with Crippen LogP contribution in [-0.4, -0.2) is 24.0 Å². The Morgan fingerprint density at radius 3 is 2.25 bits per heavy atom. The summed E-state index contributed by atoms with van der Waals surface area (Å²) in [5, 5.41) is 2.86. The predicted molar refractivity (Wildman–Crippen MR) is 108 cm³/mol. The van der Waals surface area contributed by atoms with E-state index < -0.39 is 5.97 Å². The van der Waals surface area contributed by atoms with Crippen molar-refractivity contribution in [2.75, 3.05) is 12.4 Å². The standard InChI is InChI=1S/C23H26N2O3/c1-28-23(27)18-10-11-20(24-14-18)25-22(26)19-12-16-8-4-2-6-15-7-3-5-9-17(13-19)21(15)16/h10-15H,2-9H2,1H3,(H,24,25,26). The summed E-state index contributed by atoms with van der Waals surface area (Å²) in [5.41, 5.74) is 5.32. The second-order valence-corrected chi connectivity index (χ2v) is 7.77. The zero-order valence-corrected chi connectivity index (χ0v) is 16.3. The lowest BCUT2D eigenvalue weighted by molar-refractivity contribution is 0.0600. The fourth-order valence-electron chi connectivity index (χ4n) is 4.59. The van der Waals surface area contributed by atoms with Crippen molar-refractivity contribution in [3.05, 3.63) is 58.3 Å². The van der Waals surface area contributed by atoms with Crippen molar-refractivity contribution >= 4 is 17.7 Å². The third-order valence-electron chi connectivity index (χ3n) is 5.95. The van der Waals surface area contributed by atoms with Gasteiger partial charge in [0.25, 0.3) is 5.91 Å². The van der Waals surface area contributed by atoms with Crippen molar-refractivity contribution in [3.8, 4) is 0 Å². The van der Waals surface area contributed by atoms with Gasteiger partial charge in [-0.2, -0.15) is 0 Å². The van der Waals surface area contributed by atoms with Gasteiger partial charge in [0, 0.05) is 11.8 Å². The maximum absolute atomic E-state index is 12.9. The molecule has 5 nitrogen and oxygen atoms in total. The Bertz CT molecular complexity index is 856. The van der Waals surface area contributed by atoms with E-state index in [9.17, 15) is 9.59 Å². The molecule has 1 heterocycles. The minimum atomic E-state index is -0.444. The molecule has 2 aromatic rings. The van der Waals surface area contributed by atoms with Gasteiger partial charge in [-0.1, -0.05) is 12.8 Å². The van der Waals surface area contributed by atoms with Gasteiger partial charge >= 0.3 is 5.97 Å². The maximum atomic E-state index is 12.9. The van der Waals surface area contributed by atoms with Gasteiger partial charge in [0.1, 0.15) is 5.82 Å².